The Bertz CT molecular complexity index is 1020. The fourth-order valence-corrected chi connectivity index (χ4v) is 11.4. The molecule has 0 spiro atoms. The quantitative estimate of drug-likeness (QED) is 0.284. The van der Waals surface area contributed by atoms with E-state index < -0.39 is 5.31 Å². The summed E-state index contributed by atoms with van der Waals surface area (Å²) in [6, 6.07) is 26.3. The van der Waals surface area contributed by atoms with Gasteiger partial charge >= 0.3 is 219 Å². The molecule has 0 radical (unpaired) electrons. The number of rotatable bonds is 9. The van der Waals surface area contributed by atoms with Crippen LogP contribution in [0.15, 0.2) is 72.8 Å². The number of anilines is 3. The van der Waals surface area contributed by atoms with Crippen LogP contribution in [0.4, 0.5) is 17.1 Å². The van der Waals surface area contributed by atoms with Gasteiger partial charge in [0.15, 0.2) is 0 Å². The van der Waals surface area contributed by atoms with Gasteiger partial charge in [0.25, 0.3) is 0 Å². The summed E-state index contributed by atoms with van der Waals surface area (Å²) in [4.78, 5) is 18.1. The van der Waals surface area contributed by atoms with Crippen molar-refractivity contribution >= 4 is 59.7 Å². The van der Waals surface area contributed by atoms with Crippen molar-refractivity contribution in [3.63, 3.8) is 0 Å². The van der Waals surface area contributed by atoms with Crippen molar-refractivity contribution in [3.05, 3.63) is 72.8 Å². The van der Waals surface area contributed by atoms with Crippen LogP contribution in [0.2, 0.25) is 0 Å². The van der Waals surface area contributed by atoms with Crippen molar-refractivity contribution in [3.8, 4) is 0 Å². The molecule has 0 heterocycles. The zero-order valence-electron chi connectivity index (χ0n) is 21.8. The molecule has 0 aliphatic rings. The predicted molar refractivity (Wildman–Crippen MR) is 159 cm³/mol. The van der Waals surface area contributed by atoms with E-state index in [-0.39, 0.29) is 5.97 Å². The first-order chi connectivity index (χ1) is 16.5. The number of hydrogen-bond acceptors (Lipinski definition) is 5. The van der Waals surface area contributed by atoms with E-state index >= 15 is 0 Å². The van der Waals surface area contributed by atoms with Gasteiger partial charge in [-0.15, -0.1) is 0 Å². The molecule has 188 valence electrons. The van der Waals surface area contributed by atoms with Crippen LogP contribution < -0.4 is 30.6 Å². The van der Waals surface area contributed by atoms with Crippen LogP contribution in [0.25, 0.3) is 0 Å². The van der Waals surface area contributed by atoms with Gasteiger partial charge in [-0.25, -0.2) is 0 Å². The molecular formula is C28H37BrN3O2P. The van der Waals surface area contributed by atoms with Crippen LogP contribution in [0.5, 0.6) is 0 Å². The first kappa shape index (κ1) is 27.0. The topological polar surface area (TPSA) is 36.0 Å². The van der Waals surface area contributed by atoms with Gasteiger partial charge in [-0.05, 0) is 0 Å². The zero-order chi connectivity index (χ0) is 25.8. The van der Waals surface area contributed by atoms with Crippen LogP contribution in [-0.2, 0) is 9.53 Å². The maximum absolute atomic E-state index is 11.8. The fourth-order valence-electron chi connectivity index (χ4n) is 4.38. The molecule has 0 aliphatic heterocycles. The average Bonchev–Trinajstić information content (AvgIpc) is 2.84. The summed E-state index contributed by atoms with van der Waals surface area (Å²) in [7, 11) is 12.3. The molecule has 0 fully saturated rings. The van der Waals surface area contributed by atoms with Crippen molar-refractivity contribution in [1.82, 2.24) is 0 Å². The van der Waals surface area contributed by atoms with Crippen LogP contribution in [0.1, 0.15) is 6.92 Å². The van der Waals surface area contributed by atoms with Crippen molar-refractivity contribution in [2.75, 3.05) is 69.8 Å². The third-order valence-corrected chi connectivity index (χ3v) is 16.4. The number of carbonyl (C=O) groups is 1. The van der Waals surface area contributed by atoms with Crippen LogP contribution >= 0.6 is 20.8 Å². The minimum absolute atomic E-state index is 0.267. The third-order valence-electron chi connectivity index (χ3n) is 6.53. The van der Waals surface area contributed by atoms with E-state index in [4.69, 9.17) is 4.74 Å². The second-order valence-corrected chi connectivity index (χ2v) is 18.5. The van der Waals surface area contributed by atoms with Crippen LogP contribution in [0.3, 0.4) is 0 Å². The van der Waals surface area contributed by atoms with E-state index in [2.05, 4.69) is 103 Å². The number of esters is 1. The monoisotopic (exact) mass is 557 g/mol. The Kier molecular flexibility index (Phi) is 8.18. The van der Waals surface area contributed by atoms with Gasteiger partial charge in [0.2, 0.25) is 0 Å². The Balaban J connectivity index is 2.33. The van der Waals surface area contributed by atoms with Gasteiger partial charge in [0.1, 0.15) is 0 Å². The molecule has 0 unspecified atom stereocenters. The number of nitrogens with zero attached hydrogens (tertiary/aromatic N) is 3. The molecule has 0 N–H and O–H groups in total. The van der Waals surface area contributed by atoms with Gasteiger partial charge in [-0.1, -0.05) is 0 Å². The number of halogens is 1. The molecule has 0 saturated carbocycles. The molecule has 0 bridgehead atoms. The second-order valence-electron chi connectivity index (χ2n) is 9.48. The molecular weight excluding hydrogens is 521 g/mol. The Morgan fingerprint density at radius 2 is 0.943 bits per heavy atom. The molecule has 0 amide bonds. The molecule has 7 heteroatoms. The first-order valence-electron chi connectivity index (χ1n) is 11.7. The Morgan fingerprint density at radius 1 is 0.657 bits per heavy atom. The number of benzene rings is 3. The molecule has 0 saturated heterocycles. The van der Waals surface area contributed by atoms with Crippen molar-refractivity contribution in [1.29, 1.82) is 0 Å². The number of ether oxygens (including phenoxy) is 1. The SMILES string of the molecule is CC(=O)OCCP(Br)(c1ccc(N(C)C)cc1)(c1ccc(N(C)C)cc1)c1ccc(N(C)C)cc1. The molecule has 3 rings (SSSR count). The minimum atomic E-state index is -3.20. The predicted octanol–water partition coefficient (Wildman–Crippen LogP) is 4.59. The van der Waals surface area contributed by atoms with Crippen molar-refractivity contribution in [2.45, 2.75) is 6.92 Å². The number of hydrogen-bond donors (Lipinski definition) is 0. The van der Waals surface area contributed by atoms with E-state index in [1.807, 2.05) is 42.3 Å². The van der Waals surface area contributed by atoms with Gasteiger partial charge in [0.05, 0.1) is 0 Å². The van der Waals surface area contributed by atoms with Crippen LogP contribution in [0, 0.1) is 0 Å². The summed E-state index contributed by atoms with van der Waals surface area (Å²) in [5.41, 5.74) is 3.41. The van der Waals surface area contributed by atoms with E-state index in [1.54, 1.807) is 0 Å². The van der Waals surface area contributed by atoms with E-state index in [1.165, 1.54) is 22.8 Å². The van der Waals surface area contributed by atoms with Gasteiger partial charge in [-0.3, -0.25) is 0 Å². The van der Waals surface area contributed by atoms with E-state index in [0.29, 0.717) is 12.8 Å². The average molecular weight is 559 g/mol. The fraction of sp³-hybridized carbons (Fsp3) is 0.321. The Morgan fingerprint density at radius 3 is 1.17 bits per heavy atom. The molecule has 0 aliphatic carbocycles. The van der Waals surface area contributed by atoms with Crippen molar-refractivity contribution < 1.29 is 9.53 Å². The van der Waals surface area contributed by atoms with Crippen LogP contribution in [-0.4, -0.2) is 61.0 Å². The Hall–Kier alpha value is -2.56. The molecule has 0 atom stereocenters. The van der Waals surface area contributed by atoms with E-state index in [0.717, 1.165) is 17.1 Å². The second kappa shape index (κ2) is 10.6. The normalized spacial score (nSPS) is 12.4. The third kappa shape index (κ3) is 5.34. The molecule has 0 aromatic heterocycles. The van der Waals surface area contributed by atoms with Crippen molar-refractivity contribution in [2.24, 2.45) is 0 Å². The first-order valence-corrected chi connectivity index (χ1v) is 16.1. The molecule has 5 nitrogen and oxygen atoms in total. The summed E-state index contributed by atoms with van der Waals surface area (Å²) in [6.07, 6.45) is 0.648. The van der Waals surface area contributed by atoms with Gasteiger partial charge < -0.3 is 0 Å². The van der Waals surface area contributed by atoms with E-state index in [9.17, 15) is 4.79 Å². The summed E-state index contributed by atoms with van der Waals surface area (Å²) in [6.45, 7) is 1.78. The molecule has 35 heavy (non-hydrogen) atoms. The molecule has 3 aromatic rings. The van der Waals surface area contributed by atoms with Gasteiger partial charge in [-0.2, -0.15) is 0 Å². The maximum atomic E-state index is 11.8. The molecule has 3 aromatic carbocycles. The van der Waals surface area contributed by atoms with Gasteiger partial charge in [0, 0.05) is 0 Å². The Labute approximate surface area is 218 Å². The summed E-state index contributed by atoms with van der Waals surface area (Å²) < 4.78 is 5.55. The zero-order valence-corrected chi connectivity index (χ0v) is 24.3. The summed E-state index contributed by atoms with van der Waals surface area (Å²) in [5.74, 6) is -0.267. The standard InChI is InChI=1S/C28H37BrN3O2P/c1-22(33)34-20-21-35(29,26-14-8-23(9-15-26)30(2)3,27-16-10-24(11-17-27)31(4)5)28-18-12-25(13-19-28)32(6)7/h8-19H,20-21H2,1-7H3. The number of carbonyl (C=O) groups excluding carboxylic acids is 1. The summed E-state index contributed by atoms with van der Waals surface area (Å²) >= 11 is 4.45. The summed E-state index contributed by atoms with van der Waals surface area (Å²) in [5, 5.41) is 0.390.